The van der Waals surface area contributed by atoms with Crippen LogP contribution in [0.5, 0.6) is 0 Å². The van der Waals surface area contributed by atoms with E-state index in [0.29, 0.717) is 19.3 Å². The van der Waals surface area contributed by atoms with Gasteiger partial charge < -0.3 is 14.2 Å². The largest absolute Gasteiger partial charge is 0.462 e. The number of ether oxygens (including phenoxy) is 3. The second-order valence-electron chi connectivity index (χ2n) is 18.2. The molecule has 0 heterocycles. The van der Waals surface area contributed by atoms with E-state index in [-0.39, 0.29) is 31.1 Å². The molecule has 0 aromatic heterocycles. The minimum absolute atomic E-state index is 0.0858. The van der Waals surface area contributed by atoms with E-state index >= 15 is 0 Å². The van der Waals surface area contributed by atoms with Crippen LogP contribution in [-0.2, 0) is 28.6 Å². The zero-order chi connectivity index (χ0) is 47.2. The predicted molar refractivity (Wildman–Crippen MR) is 279 cm³/mol. The number of allylic oxidation sites excluding steroid dienone is 12. The molecule has 0 radical (unpaired) electrons. The Morgan fingerprint density at radius 1 is 0.338 bits per heavy atom. The maximum absolute atomic E-state index is 12.8. The average molecular weight is 907 g/mol. The molecule has 0 saturated heterocycles. The van der Waals surface area contributed by atoms with E-state index in [1.807, 2.05) is 0 Å². The van der Waals surface area contributed by atoms with Crippen molar-refractivity contribution >= 4 is 17.9 Å². The highest BCUT2D eigenvalue weighted by Gasteiger charge is 2.19. The minimum Gasteiger partial charge on any atom is -0.462 e. The van der Waals surface area contributed by atoms with Crippen LogP contribution in [0.3, 0.4) is 0 Å². The van der Waals surface area contributed by atoms with E-state index in [2.05, 4.69) is 93.7 Å². The molecule has 0 N–H and O–H groups in total. The van der Waals surface area contributed by atoms with Gasteiger partial charge in [-0.3, -0.25) is 14.4 Å². The maximum atomic E-state index is 12.8. The van der Waals surface area contributed by atoms with E-state index in [4.69, 9.17) is 14.2 Å². The van der Waals surface area contributed by atoms with Crippen molar-refractivity contribution in [2.45, 2.75) is 271 Å². The van der Waals surface area contributed by atoms with Crippen LogP contribution < -0.4 is 0 Å². The third-order valence-electron chi connectivity index (χ3n) is 11.8. The van der Waals surface area contributed by atoms with Crippen LogP contribution in [0.4, 0.5) is 0 Å². The quantitative estimate of drug-likeness (QED) is 0.0199. The summed E-state index contributed by atoms with van der Waals surface area (Å²) < 4.78 is 16.8. The van der Waals surface area contributed by atoms with Crippen LogP contribution >= 0.6 is 0 Å². The lowest BCUT2D eigenvalue weighted by molar-refractivity contribution is -0.167. The number of hydrogen-bond acceptors (Lipinski definition) is 6. The summed E-state index contributed by atoms with van der Waals surface area (Å²) in [5.74, 6) is -0.913. The first-order chi connectivity index (χ1) is 32.0. The zero-order valence-electron chi connectivity index (χ0n) is 42.7. The molecule has 6 nitrogen and oxygen atoms in total. The van der Waals surface area contributed by atoms with Crippen molar-refractivity contribution in [3.05, 3.63) is 72.9 Å². The van der Waals surface area contributed by atoms with Gasteiger partial charge in [-0.15, -0.1) is 0 Å². The van der Waals surface area contributed by atoms with Gasteiger partial charge >= 0.3 is 17.9 Å². The number of unbranched alkanes of at least 4 members (excludes halogenated alkanes) is 28. The Morgan fingerprint density at radius 3 is 1.06 bits per heavy atom. The van der Waals surface area contributed by atoms with Gasteiger partial charge in [-0.25, -0.2) is 0 Å². The summed E-state index contributed by atoms with van der Waals surface area (Å²) in [6.45, 7) is 6.50. The SMILES string of the molecule is CC/C=C\C/C=C\C/C=C\CCCCCCCCC(=O)OC(COC(=O)CCCCCCC\C=C/C=C\C=C/CCCCCCC)COC(=O)CCCCCCCCCCCCCCC. The van der Waals surface area contributed by atoms with Crippen molar-refractivity contribution < 1.29 is 28.6 Å². The van der Waals surface area contributed by atoms with Gasteiger partial charge in [0.25, 0.3) is 0 Å². The summed E-state index contributed by atoms with van der Waals surface area (Å²) in [7, 11) is 0. The van der Waals surface area contributed by atoms with Gasteiger partial charge in [0.15, 0.2) is 6.10 Å². The molecule has 0 amide bonds. The van der Waals surface area contributed by atoms with Gasteiger partial charge in [0.05, 0.1) is 0 Å². The van der Waals surface area contributed by atoms with Gasteiger partial charge in [-0.2, -0.15) is 0 Å². The summed E-state index contributed by atoms with van der Waals surface area (Å²) in [6, 6.07) is 0. The van der Waals surface area contributed by atoms with Gasteiger partial charge in [0.2, 0.25) is 0 Å². The number of carbonyl (C=O) groups is 3. The van der Waals surface area contributed by atoms with Gasteiger partial charge in [-0.1, -0.05) is 241 Å². The number of rotatable bonds is 49. The Kier molecular flexibility index (Phi) is 50.9. The smallest absolute Gasteiger partial charge is 0.306 e. The van der Waals surface area contributed by atoms with Crippen LogP contribution in [0.25, 0.3) is 0 Å². The van der Waals surface area contributed by atoms with Crippen molar-refractivity contribution in [2.75, 3.05) is 13.2 Å². The molecular formula is C59H102O6. The topological polar surface area (TPSA) is 78.9 Å². The molecule has 1 atom stereocenters. The second kappa shape index (κ2) is 53.5. The molecule has 0 aliphatic carbocycles. The van der Waals surface area contributed by atoms with Crippen molar-refractivity contribution in [1.29, 1.82) is 0 Å². The molecule has 0 aromatic rings. The molecule has 0 spiro atoms. The van der Waals surface area contributed by atoms with E-state index in [9.17, 15) is 14.4 Å². The van der Waals surface area contributed by atoms with E-state index in [1.165, 1.54) is 116 Å². The summed E-state index contributed by atoms with van der Waals surface area (Å²) in [6.07, 6.45) is 67.4. The molecule has 0 fully saturated rings. The highest BCUT2D eigenvalue weighted by Crippen LogP contribution is 2.15. The van der Waals surface area contributed by atoms with Crippen LogP contribution in [0, 0.1) is 0 Å². The first kappa shape index (κ1) is 61.9. The lowest BCUT2D eigenvalue weighted by Gasteiger charge is -2.18. The monoisotopic (exact) mass is 907 g/mol. The predicted octanol–water partition coefficient (Wildman–Crippen LogP) is 18.2. The molecule has 6 heteroatoms. The lowest BCUT2D eigenvalue weighted by Crippen LogP contribution is -2.30. The average Bonchev–Trinajstić information content (AvgIpc) is 3.30. The van der Waals surface area contributed by atoms with Crippen LogP contribution in [-0.4, -0.2) is 37.2 Å². The summed E-state index contributed by atoms with van der Waals surface area (Å²) in [4.78, 5) is 38.1. The molecule has 0 aromatic carbocycles. The highest BCUT2D eigenvalue weighted by atomic mass is 16.6. The van der Waals surface area contributed by atoms with Crippen LogP contribution in [0.15, 0.2) is 72.9 Å². The number of esters is 3. The van der Waals surface area contributed by atoms with Crippen LogP contribution in [0.1, 0.15) is 265 Å². The van der Waals surface area contributed by atoms with Crippen molar-refractivity contribution in [1.82, 2.24) is 0 Å². The first-order valence-electron chi connectivity index (χ1n) is 27.5. The fourth-order valence-corrected chi connectivity index (χ4v) is 7.63. The molecule has 1 unspecified atom stereocenters. The molecule has 0 bridgehead atoms. The van der Waals surface area contributed by atoms with Crippen LogP contribution in [0.2, 0.25) is 0 Å². The van der Waals surface area contributed by atoms with E-state index in [1.54, 1.807) is 0 Å². The molecule has 0 rings (SSSR count). The normalized spacial score (nSPS) is 12.6. The Bertz CT molecular complexity index is 1230. The van der Waals surface area contributed by atoms with Gasteiger partial charge in [-0.05, 0) is 77.0 Å². The van der Waals surface area contributed by atoms with Gasteiger partial charge in [0, 0.05) is 19.3 Å². The fourth-order valence-electron chi connectivity index (χ4n) is 7.63. The maximum Gasteiger partial charge on any atom is 0.306 e. The Balaban J connectivity index is 4.43. The molecular weight excluding hydrogens is 805 g/mol. The molecule has 374 valence electrons. The Morgan fingerprint density at radius 2 is 0.662 bits per heavy atom. The Labute approximate surface area is 402 Å². The lowest BCUT2D eigenvalue weighted by atomic mass is 10.0. The van der Waals surface area contributed by atoms with E-state index in [0.717, 1.165) is 109 Å². The summed E-state index contributed by atoms with van der Waals surface area (Å²) >= 11 is 0. The zero-order valence-corrected chi connectivity index (χ0v) is 42.7. The minimum atomic E-state index is -0.789. The van der Waals surface area contributed by atoms with Crippen molar-refractivity contribution in [3.8, 4) is 0 Å². The highest BCUT2D eigenvalue weighted by molar-refractivity contribution is 5.71. The molecule has 0 aliphatic rings. The third kappa shape index (κ3) is 51.7. The Hall–Kier alpha value is -3.15. The second-order valence-corrected chi connectivity index (χ2v) is 18.2. The molecule has 65 heavy (non-hydrogen) atoms. The standard InChI is InChI=1S/C59H102O6/c1-4-7-10-13-16-19-22-25-27-29-30-32-34-37-40-43-46-49-52-58(61)64-55-56(54-63-57(60)51-48-45-42-39-36-33-24-21-18-15-12-9-6-3)65-59(62)53-50-47-44-41-38-35-31-28-26-23-20-17-14-11-8-5-2/h8,11,17,20,22,25-30,32,56H,4-7,9-10,12-16,18-19,21,23-24,31,33-55H2,1-3H3/b11-8-,20-17-,25-22-,28-26-,29-27-,32-30-. The number of hydrogen-bond donors (Lipinski definition) is 0. The summed E-state index contributed by atoms with van der Waals surface area (Å²) in [5.41, 5.74) is 0. The molecule has 0 aliphatic heterocycles. The van der Waals surface area contributed by atoms with Gasteiger partial charge in [0.1, 0.15) is 13.2 Å². The molecule has 0 saturated carbocycles. The fraction of sp³-hybridized carbons (Fsp3) is 0.746. The third-order valence-corrected chi connectivity index (χ3v) is 11.8. The number of carbonyl (C=O) groups excluding carboxylic acids is 3. The first-order valence-corrected chi connectivity index (χ1v) is 27.5. The van der Waals surface area contributed by atoms with Crippen molar-refractivity contribution in [2.24, 2.45) is 0 Å². The van der Waals surface area contributed by atoms with E-state index < -0.39 is 6.10 Å². The van der Waals surface area contributed by atoms with Crippen molar-refractivity contribution in [3.63, 3.8) is 0 Å². The summed E-state index contributed by atoms with van der Waals surface area (Å²) in [5, 5.41) is 0.